The van der Waals surface area contributed by atoms with Gasteiger partial charge in [-0.25, -0.2) is 9.97 Å². The van der Waals surface area contributed by atoms with Crippen molar-refractivity contribution >= 4 is 27.2 Å². The lowest BCUT2D eigenvalue weighted by molar-refractivity contribution is 0.242. The highest BCUT2D eigenvalue weighted by Crippen LogP contribution is 2.37. The van der Waals surface area contributed by atoms with Gasteiger partial charge in [0.1, 0.15) is 16.4 Å². The maximum Gasteiger partial charge on any atom is 0.182 e. The Kier molecular flexibility index (Phi) is 5.31. The first-order valence-corrected chi connectivity index (χ1v) is 12.6. The lowest BCUT2D eigenvalue weighted by atomic mass is 10.0. The van der Waals surface area contributed by atoms with Crippen LogP contribution in [0.4, 0.5) is 0 Å². The minimum absolute atomic E-state index is 0.148. The Hall–Kier alpha value is -3.29. The van der Waals surface area contributed by atoms with E-state index in [0.717, 1.165) is 59.5 Å². The summed E-state index contributed by atoms with van der Waals surface area (Å²) in [4.78, 5) is 14.9. The summed E-state index contributed by atoms with van der Waals surface area (Å²) in [6, 6.07) is 18.7. The van der Waals surface area contributed by atoms with Gasteiger partial charge in [-0.2, -0.15) is 4.52 Å². The van der Waals surface area contributed by atoms with Gasteiger partial charge >= 0.3 is 0 Å². The van der Waals surface area contributed by atoms with Crippen molar-refractivity contribution in [1.29, 1.82) is 0 Å². The Balaban J connectivity index is 1.36. The van der Waals surface area contributed by atoms with Gasteiger partial charge in [-0.05, 0) is 62.6 Å². The number of fused-ring (bicyclic) bond motifs is 5. The van der Waals surface area contributed by atoms with Crippen molar-refractivity contribution in [3.8, 4) is 17.1 Å². The SMILES string of the molecule is Cc1nc2sc3c(c2c2nc(-c4ccc(OC(C)C)cc4)nn12)CCN(Cc1ccccc1)C3. The van der Waals surface area contributed by atoms with Gasteiger partial charge in [0.05, 0.1) is 11.5 Å². The van der Waals surface area contributed by atoms with Crippen LogP contribution in [0.15, 0.2) is 54.6 Å². The van der Waals surface area contributed by atoms with Gasteiger partial charge in [0, 0.05) is 30.1 Å². The summed E-state index contributed by atoms with van der Waals surface area (Å²) < 4.78 is 7.68. The molecule has 172 valence electrons. The van der Waals surface area contributed by atoms with Crippen molar-refractivity contribution in [1.82, 2.24) is 24.5 Å². The minimum atomic E-state index is 0.148. The standard InChI is InChI=1S/C27H27N5OS/c1-17(2)33-21-11-9-20(10-12-21)25-29-26-24-22-13-14-31(15-19-7-5-4-6-8-19)16-23(22)34-27(24)28-18(3)32(26)30-25/h4-12,17H,13-16H2,1-3H3. The molecule has 0 bridgehead atoms. The maximum atomic E-state index is 5.78. The molecule has 3 aromatic heterocycles. The molecule has 1 aliphatic heterocycles. The summed E-state index contributed by atoms with van der Waals surface area (Å²) in [5.74, 6) is 2.44. The average Bonchev–Trinajstić information content (AvgIpc) is 3.41. The van der Waals surface area contributed by atoms with E-state index in [0.29, 0.717) is 0 Å². The van der Waals surface area contributed by atoms with E-state index < -0.39 is 0 Å². The highest BCUT2D eigenvalue weighted by molar-refractivity contribution is 7.19. The molecule has 4 heterocycles. The molecule has 0 aliphatic carbocycles. The van der Waals surface area contributed by atoms with Crippen LogP contribution in [0.5, 0.6) is 5.75 Å². The highest BCUT2D eigenvalue weighted by Gasteiger charge is 2.25. The fourth-order valence-electron chi connectivity index (χ4n) is 4.70. The summed E-state index contributed by atoms with van der Waals surface area (Å²) in [6.45, 7) is 9.02. The number of benzene rings is 2. The zero-order valence-corrected chi connectivity index (χ0v) is 20.5. The Bertz CT molecular complexity index is 1470. The van der Waals surface area contributed by atoms with E-state index in [4.69, 9.17) is 19.8 Å². The molecule has 34 heavy (non-hydrogen) atoms. The second-order valence-electron chi connectivity index (χ2n) is 9.15. The molecule has 0 spiro atoms. The maximum absolute atomic E-state index is 5.78. The number of rotatable bonds is 5. The quantitative estimate of drug-likeness (QED) is 0.332. The van der Waals surface area contributed by atoms with Crippen LogP contribution in [-0.4, -0.2) is 37.1 Å². The second kappa shape index (κ2) is 8.49. The molecule has 2 aromatic carbocycles. The molecule has 0 saturated carbocycles. The molecule has 5 aromatic rings. The van der Waals surface area contributed by atoms with Crippen molar-refractivity contribution in [2.24, 2.45) is 0 Å². The van der Waals surface area contributed by atoms with Crippen LogP contribution in [0, 0.1) is 6.92 Å². The van der Waals surface area contributed by atoms with Crippen molar-refractivity contribution in [2.45, 2.75) is 46.4 Å². The number of ether oxygens (including phenoxy) is 1. The molecular weight excluding hydrogens is 442 g/mol. The van der Waals surface area contributed by atoms with Crippen molar-refractivity contribution in [3.05, 3.63) is 76.4 Å². The molecule has 0 fully saturated rings. The summed E-state index contributed by atoms with van der Waals surface area (Å²) in [5.41, 5.74) is 4.64. The lowest BCUT2D eigenvalue weighted by Crippen LogP contribution is -2.29. The second-order valence-corrected chi connectivity index (χ2v) is 10.2. The largest absolute Gasteiger partial charge is 0.491 e. The normalized spacial score (nSPS) is 14.2. The fourth-order valence-corrected chi connectivity index (χ4v) is 6.00. The summed E-state index contributed by atoms with van der Waals surface area (Å²) in [5, 5.41) is 5.99. The first kappa shape index (κ1) is 21.3. The smallest absolute Gasteiger partial charge is 0.182 e. The Morgan fingerprint density at radius 2 is 1.82 bits per heavy atom. The van der Waals surface area contributed by atoms with Crippen molar-refractivity contribution < 1.29 is 4.74 Å². The predicted octanol–water partition coefficient (Wildman–Crippen LogP) is 5.66. The van der Waals surface area contributed by atoms with Crippen molar-refractivity contribution in [2.75, 3.05) is 6.54 Å². The molecule has 6 rings (SSSR count). The van der Waals surface area contributed by atoms with E-state index in [-0.39, 0.29) is 6.10 Å². The molecular formula is C27H27N5OS. The van der Waals surface area contributed by atoms with Gasteiger partial charge < -0.3 is 4.74 Å². The summed E-state index contributed by atoms with van der Waals surface area (Å²) in [7, 11) is 0. The summed E-state index contributed by atoms with van der Waals surface area (Å²) >= 11 is 1.81. The average molecular weight is 470 g/mol. The molecule has 0 radical (unpaired) electrons. The van der Waals surface area contributed by atoms with E-state index in [1.807, 2.05) is 49.6 Å². The Labute approximate surface area is 202 Å². The fraction of sp³-hybridized carbons (Fsp3) is 0.296. The van der Waals surface area contributed by atoms with Gasteiger partial charge in [0.2, 0.25) is 0 Å². The van der Waals surface area contributed by atoms with Gasteiger partial charge in [-0.3, -0.25) is 4.90 Å². The van der Waals surface area contributed by atoms with Crippen LogP contribution in [0.3, 0.4) is 0 Å². The third-order valence-electron chi connectivity index (χ3n) is 6.25. The summed E-state index contributed by atoms with van der Waals surface area (Å²) in [6.07, 6.45) is 1.15. The molecule has 0 atom stereocenters. The van der Waals surface area contributed by atoms with Gasteiger partial charge in [0.25, 0.3) is 0 Å². The van der Waals surface area contributed by atoms with Crippen LogP contribution < -0.4 is 4.74 Å². The minimum Gasteiger partial charge on any atom is -0.491 e. The molecule has 0 N–H and O–H groups in total. The highest BCUT2D eigenvalue weighted by atomic mass is 32.1. The third kappa shape index (κ3) is 3.85. The van der Waals surface area contributed by atoms with E-state index in [9.17, 15) is 0 Å². The molecule has 0 amide bonds. The van der Waals surface area contributed by atoms with E-state index in [2.05, 4.69) is 35.2 Å². The predicted molar refractivity (Wildman–Crippen MR) is 136 cm³/mol. The van der Waals surface area contributed by atoms with Crippen LogP contribution in [0.1, 0.15) is 35.7 Å². The van der Waals surface area contributed by atoms with Gasteiger partial charge in [-0.15, -0.1) is 16.4 Å². The molecule has 7 heteroatoms. The third-order valence-corrected chi connectivity index (χ3v) is 7.36. The first-order valence-electron chi connectivity index (χ1n) is 11.8. The van der Waals surface area contributed by atoms with E-state index in [1.165, 1.54) is 21.4 Å². The Morgan fingerprint density at radius 3 is 2.59 bits per heavy atom. The zero-order chi connectivity index (χ0) is 23.2. The van der Waals surface area contributed by atoms with Crippen LogP contribution in [0.25, 0.3) is 27.3 Å². The molecule has 6 nitrogen and oxygen atoms in total. The zero-order valence-electron chi connectivity index (χ0n) is 19.7. The van der Waals surface area contributed by atoms with Crippen LogP contribution in [-0.2, 0) is 19.5 Å². The number of aromatic nitrogens is 4. The van der Waals surface area contributed by atoms with E-state index in [1.54, 1.807) is 11.3 Å². The van der Waals surface area contributed by atoms with Gasteiger partial charge in [-0.1, -0.05) is 30.3 Å². The number of hydrogen-bond acceptors (Lipinski definition) is 6. The first-order chi connectivity index (χ1) is 16.5. The number of aryl methyl sites for hydroxylation is 1. The molecule has 0 unspecified atom stereocenters. The number of nitrogens with zero attached hydrogens (tertiary/aromatic N) is 5. The van der Waals surface area contributed by atoms with E-state index >= 15 is 0 Å². The molecule has 0 saturated heterocycles. The topological polar surface area (TPSA) is 55.6 Å². The van der Waals surface area contributed by atoms with Crippen LogP contribution >= 0.6 is 11.3 Å². The van der Waals surface area contributed by atoms with Crippen LogP contribution in [0.2, 0.25) is 0 Å². The van der Waals surface area contributed by atoms with Crippen molar-refractivity contribution in [3.63, 3.8) is 0 Å². The number of hydrogen-bond donors (Lipinski definition) is 0. The Morgan fingerprint density at radius 1 is 1.03 bits per heavy atom. The lowest BCUT2D eigenvalue weighted by Gasteiger charge is -2.26. The number of thiophene rings is 1. The monoisotopic (exact) mass is 469 g/mol. The van der Waals surface area contributed by atoms with Gasteiger partial charge in [0.15, 0.2) is 11.5 Å². The molecule has 1 aliphatic rings.